The van der Waals surface area contributed by atoms with Crippen LogP contribution in [-0.4, -0.2) is 48.6 Å². The van der Waals surface area contributed by atoms with Gasteiger partial charge in [0.1, 0.15) is 0 Å². The second kappa shape index (κ2) is 7.45. The first-order valence-electron chi connectivity index (χ1n) is 7.07. The third-order valence-corrected chi connectivity index (χ3v) is 3.93. The van der Waals surface area contributed by atoms with E-state index in [4.69, 9.17) is 5.73 Å². The Morgan fingerprint density at radius 3 is 2.63 bits per heavy atom. The van der Waals surface area contributed by atoms with Gasteiger partial charge in [-0.05, 0) is 25.8 Å². The number of nitrogens with zero attached hydrogens (tertiary/aromatic N) is 1. The lowest BCUT2D eigenvalue weighted by Crippen LogP contribution is -2.55. The highest BCUT2D eigenvalue weighted by Crippen LogP contribution is 2.21. The van der Waals surface area contributed by atoms with Crippen molar-refractivity contribution in [1.82, 2.24) is 15.5 Å². The number of carbonyl (C=O) groups excluding carboxylic acids is 2. The van der Waals surface area contributed by atoms with Crippen molar-refractivity contribution in [2.75, 3.05) is 19.6 Å². The Balaban J connectivity index is 2.56. The van der Waals surface area contributed by atoms with Gasteiger partial charge in [-0.15, -0.1) is 0 Å². The molecule has 0 saturated carbocycles. The molecule has 19 heavy (non-hydrogen) atoms. The number of hydrogen-bond acceptors (Lipinski definition) is 4. The maximum Gasteiger partial charge on any atom is 0.318 e. The fourth-order valence-electron chi connectivity index (χ4n) is 2.75. The summed E-state index contributed by atoms with van der Waals surface area (Å²) in [5.74, 6) is 0.224. The van der Waals surface area contributed by atoms with E-state index in [1.807, 2.05) is 6.92 Å². The summed E-state index contributed by atoms with van der Waals surface area (Å²) in [4.78, 5) is 24.6. The lowest BCUT2D eigenvalue weighted by Gasteiger charge is -2.40. The maximum absolute atomic E-state index is 11.8. The highest BCUT2D eigenvalue weighted by molar-refractivity contribution is 5.96. The second-order valence-electron chi connectivity index (χ2n) is 5.15. The van der Waals surface area contributed by atoms with Crippen molar-refractivity contribution in [2.24, 2.45) is 11.7 Å². The zero-order valence-electron chi connectivity index (χ0n) is 12.1. The van der Waals surface area contributed by atoms with Gasteiger partial charge in [0.15, 0.2) is 0 Å². The van der Waals surface area contributed by atoms with Gasteiger partial charge in [0.05, 0.1) is 6.04 Å². The highest BCUT2D eigenvalue weighted by Gasteiger charge is 2.32. The van der Waals surface area contributed by atoms with Crippen LogP contribution >= 0.6 is 0 Å². The van der Waals surface area contributed by atoms with Crippen LogP contribution in [0.25, 0.3) is 0 Å². The minimum atomic E-state index is -0.786. The molecule has 1 heterocycles. The summed E-state index contributed by atoms with van der Waals surface area (Å²) in [7, 11) is 0. The largest absolute Gasteiger partial charge is 0.351 e. The summed E-state index contributed by atoms with van der Waals surface area (Å²) in [6.45, 7) is 8.81. The predicted molar refractivity (Wildman–Crippen MR) is 74.6 cm³/mol. The van der Waals surface area contributed by atoms with Crippen LogP contribution in [0.4, 0.5) is 4.79 Å². The van der Waals surface area contributed by atoms with Gasteiger partial charge in [0, 0.05) is 19.1 Å². The molecule has 6 nitrogen and oxygen atoms in total. The molecular formula is C13H26N4O2. The van der Waals surface area contributed by atoms with Crippen molar-refractivity contribution in [3.8, 4) is 0 Å². The van der Waals surface area contributed by atoms with Crippen LogP contribution in [0.3, 0.4) is 0 Å². The van der Waals surface area contributed by atoms with Crippen LogP contribution < -0.4 is 16.4 Å². The quantitative estimate of drug-likeness (QED) is 0.669. The van der Waals surface area contributed by atoms with E-state index in [9.17, 15) is 9.59 Å². The molecule has 0 spiro atoms. The van der Waals surface area contributed by atoms with Gasteiger partial charge < -0.3 is 11.1 Å². The number of nitrogens with two attached hydrogens (primary N) is 1. The summed E-state index contributed by atoms with van der Waals surface area (Å²) >= 11 is 0. The number of rotatable bonds is 5. The SMILES string of the molecule is CCNC1CCN(C(C)C(=O)NC(N)=O)CC1CC. The van der Waals surface area contributed by atoms with Gasteiger partial charge in [-0.3, -0.25) is 15.0 Å². The Morgan fingerprint density at radius 2 is 2.11 bits per heavy atom. The third-order valence-electron chi connectivity index (χ3n) is 3.93. The first-order valence-corrected chi connectivity index (χ1v) is 7.07. The number of primary amides is 1. The van der Waals surface area contributed by atoms with Crippen molar-refractivity contribution in [2.45, 2.75) is 45.7 Å². The second-order valence-corrected chi connectivity index (χ2v) is 5.15. The average Bonchev–Trinajstić information content (AvgIpc) is 2.37. The van der Waals surface area contributed by atoms with Crippen LogP contribution in [-0.2, 0) is 4.79 Å². The van der Waals surface area contributed by atoms with E-state index < -0.39 is 6.03 Å². The monoisotopic (exact) mass is 270 g/mol. The van der Waals surface area contributed by atoms with E-state index in [-0.39, 0.29) is 11.9 Å². The van der Waals surface area contributed by atoms with Crippen LogP contribution in [0.2, 0.25) is 0 Å². The molecule has 4 N–H and O–H groups in total. The van der Waals surface area contributed by atoms with Gasteiger partial charge in [0.25, 0.3) is 0 Å². The number of likely N-dealkylation sites (tertiary alicyclic amines) is 1. The van der Waals surface area contributed by atoms with Crippen LogP contribution in [0.15, 0.2) is 0 Å². The molecule has 3 unspecified atom stereocenters. The molecule has 1 aliphatic rings. The predicted octanol–water partition coefficient (Wildman–Crippen LogP) is 0.280. The molecule has 1 aliphatic heterocycles. The van der Waals surface area contributed by atoms with Gasteiger partial charge >= 0.3 is 6.03 Å². The number of nitrogens with one attached hydrogen (secondary N) is 2. The van der Waals surface area contributed by atoms with Crippen molar-refractivity contribution in [3.05, 3.63) is 0 Å². The van der Waals surface area contributed by atoms with E-state index in [1.165, 1.54) is 0 Å². The van der Waals surface area contributed by atoms with E-state index >= 15 is 0 Å². The van der Waals surface area contributed by atoms with E-state index in [1.54, 1.807) is 0 Å². The Hall–Kier alpha value is -1.14. The standard InChI is InChI=1S/C13H26N4O2/c1-4-10-8-17(7-6-11(10)15-5-2)9(3)12(18)16-13(14)19/h9-11,15H,4-8H2,1-3H3,(H3,14,16,18,19). The van der Waals surface area contributed by atoms with Gasteiger partial charge in [-0.1, -0.05) is 20.3 Å². The van der Waals surface area contributed by atoms with Crippen LogP contribution in [0, 0.1) is 5.92 Å². The van der Waals surface area contributed by atoms with Crippen molar-refractivity contribution in [3.63, 3.8) is 0 Å². The molecule has 0 radical (unpaired) electrons. The Bertz CT molecular complexity index is 322. The molecule has 0 aromatic rings. The maximum atomic E-state index is 11.8. The molecule has 0 aromatic heterocycles. The van der Waals surface area contributed by atoms with Gasteiger partial charge in [0.2, 0.25) is 5.91 Å². The lowest BCUT2D eigenvalue weighted by molar-refractivity contribution is -0.125. The fourth-order valence-corrected chi connectivity index (χ4v) is 2.75. The number of piperidine rings is 1. The van der Waals surface area contributed by atoms with Crippen molar-refractivity contribution < 1.29 is 9.59 Å². The zero-order valence-corrected chi connectivity index (χ0v) is 12.1. The molecule has 1 rings (SSSR count). The van der Waals surface area contributed by atoms with Gasteiger partial charge in [-0.2, -0.15) is 0 Å². The van der Waals surface area contributed by atoms with E-state index in [2.05, 4.69) is 29.4 Å². The van der Waals surface area contributed by atoms with Crippen LogP contribution in [0.5, 0.6) is 0 Å². The normalized spacial score (nSPS) is 25.8. The molecular weight excluding hydrogens is 244 g/mol. The Labute approximate surface area is 115 Å². The number of urea groups is 1. The van der Waals surface area contributed by atoms with Crippen molar-refractivity contribution >= 4 is 11.9 Å². The molecule has 0 aromatic carbocycles. The fraction of sp³-hybridized carbons (Fsp3) is 0.846. The minimum Gasteiger partial charge on any atom is -0.351 e. The number of amides is 3. The van der Waals surface area contributed by atoms with E-state index in [0.717, 1.165) is 32.5 Å². The minimum absolute atomic E-state index is 0.316. The molecule has 0 bridgehead atoms. The molecule has 1 fully saturated rings. The Morgan fingerprint density at radius 1 is 1.42 bits per heavy atom. The third kappa shape index (κ3) is 4.47. The topological polar surface area (TPSA) is 87.5 Å². The molecule has 3 amide bonds. The van der Waals surface area contributed by atoms with Crippen LogP contribution in [0.1, 0.15) is 33.6 Å². The average molecular weight is 270 g/mol. The molecule has 110 valence electrons. The van der Waals surface area contributed by atoms with Gasteiger partial charge in [-0.25, -0.2) is 4.79 Å². The molecule has 1 saturated heterocycles. The number of imide groups is 1. The van der Waals surface area contributed by atoms with E-state index in [0.29, 0.717) is 12.0 Å². The molecule has 0 aliphatic carbocycles. The summed E-state index contributed by atoms with van der Waals surface area (Å²) in [6.07, 6.45) is 2.11. The lowest BCUT2D eigenvalue weighted by atomic mass is 9.89. The van der Waals surface area contributed by atoms with Crippen molar-refractivity contribution in [1.29, 1.82) is 0 Å². The summed E-state index contributed by atoms with van der Waals surface area (Å²) < 4.78 is 0. The summed E-state index contributed by atoms with van der Waals surface area (Å²) in [5, 5.41) is 5.66. The number of hydrogen-bond donors (Lipinski definition) is 3. The highest BCUT2D eigenvalue weighted by atomic mass is 16.2. The first kappa shape index (κ1) is 15.9. The zero-order chi connectivity index (χ0) is 14.4. The summed E-state index contributed by atoms with van der Waals surface area (Å²) in [6, 6.07) is -0.576. The summed E-state index contributed by atoms with van der Waals surface area (Å²) in [5.41, 5.74) is 4.98. The first-order chi connectivity index (χ1) is 8.99. The smallest absolute Gasteiger partial charge is 0.318 e. The number of carbonyl (C=O) groups is 2. The molecule has 3 atom stereocenters. The molecule has 6 heteroatoms. The Kier molecular flexibility index (Phi) is 6.24.